The number of amides is 1. The molecule has 0 N–H and O–H groups in total. The van der Waals surface area contributed by atoms with Crippen LogP contribution in [0.5, 0.6) is 0 Å². The summed E-state index contributed by atoms with van der Waals surface area (Å²) >= 11 is 3.53. The molecule has 0 aliphatic carbocycles. The lowest BCUT2D eigenvalue weighted by molar-refractivity contribution is -0.137. The van der Waals surface area contributed by atoms with Crippen molar-refractivity contribution < 1.29 is 13.2 Å². The van der Waals surface area contributed by atoms with E-state index in [0.717, 1.165) is 35.0 Å². The number of halogens is 1. The van der Waals surface area contributed by atoms with Crippen LogP contribution in [0.2, 0.25) is 0 Å². The molecule has 1 amide bonds. The first-order valence-electron chi connectivity index (χ1n) is 10.5. The minimum Gasteiger partial charge on any atom is -0.335 e. The Labute approximate surface area is 187 Å². The largest absolute Gasteiger partial charge is 0.335 e. The predicted octanol–water partition coefficient (Wildman–Crippen LogP) is 4.52. The molecule has 2 aromatic carbocycles. The van der Waals surface area contributed by atoms with Crippen LogP contribution in [0.25, 0.3) is 0 Å². The molecule has 2 saturated heterocycles. The summed E-state index contributed by atoms with van der Waals surface area (Å²) in [6.07, 6.45) is 3.13. The zero-order valence-corrected chi connectivity index (χ0v) is 19.5. The van der Waals surface area contributed by atoms with E-state index in [0.29, 0.717) is 30.8 Å². The highest BCUT2D eigenvalue weighted by Crippen LogP contribution is 2.36. The van der Waals surface area contributed by atoms with Crippen molar-refractivity contribution in [1.82, 2.24) is 9.21 Å². The summed E-state index contributed by atoms with van der Waals surface area (Å²) in [5.74, 6) is 0.0621. The molecule has 2 fully saturated rings. The van der Waals surface area contributed by atoms with E-state index in [1.54, 1.807) is 12.1 Å². The van der Waals surface area contributed by atoms with Gasteiger partial charge in [0.1, 0.15) is 0 Å². The second kappa shape index (κ2) is 8.81. The van der Waals surface area contributed by atoms with Crippen LogP contribution in [0.3, 0.4) is 0 Å². The minimum atomic E-state index is -3.50. The Morgan fingerprint density at radius 1 is 1.00 bits per heavy atom. The summed E-state index contributed by atoms with van der Waals surface area (Å²) in [7, 11) is -3.50. The van der Waals surface area contributed by atoms with Gasteiger partial charge in [0.15, 0.2) is 0 Å². The molecule has 1 unspecified atom stereocenters. The van der Waals surface area contributed by atoms with Gasteiger partial charge in [-0.1, -0.05) is 45.8 Å². The Morgan fingerprint density at radius 3 is 2.37 bits per heavy atom. The van der Waals surface area contributed by atoms with Gasteiger partial charge >= 0.3 is 0 Å². The first-order valence-corrected chi connectivity index (χ1v) is 12.7. The maximum Gasteiger partial charge on any atom is 0.243 e. The number of likely N-dealkylation sites (tertiary alicyclic amines) is 1. The molecule has 160 valence electrons. The van der Waals surface area contributed by atoms with Gasteiger partial charge in [0.25, 0.3) is 0 Å². The Bertz CT molecular complexity index is 1010. The number of sulfonamides is 1. The van der Waals surface area contributed by atoms with Gasteiger partial charge < -0.3 is 4.90 Å². The standard InChI is InChI=1S/C23H27BrN2O3S/c1-17-7-9-21(10-8-17)30(28,29)25-14-11-18(12-15-25)23(27)26-13-3-6-22(26)19-4-2-5-20(24)16-19/h2,4-5,7-10,16,18,22H,3,6,11-15H2,1H3. The fourth-order valence-electron chi connectivity index (χ4n) is 4.53. The quantitative estimate of drug-likeness (QED) is 0.632. The van der Waals surface area contributed by atoms with Crippen LogP contribution in [0.4, 0.5) is 0 Å². The predicted molar refractivity (Wildman–Crippen MR) is 120 cm³/mol. The summed E-state index contributed by atoms with van der Waals surface area (Å²) < 4.78 is 28.4. The molecule has 2 aromatic rings. The first kappa shape index (κ1) is 21.5. The number of benzene rings is 2. The lowest BCUT2D eigenvalue weighted by atomic mass is 9.95. The van der Waals surface area contributed by atoms with Crippen LogP contribution < -0.4 is 0 Å². The Morgan fingerprint density at radius 2 is 1.70 bits per heavy atom. The summed E-state index contributed by atoms with van der Waals surface area (Å²) in [6.45, 7) is 3.50. The second-order valence-corrected chi connectivity index (χ2v) is 11.1. The number of piperidine rings is 1. The summed E-state index contributed by atoms with van der Waals surface area (Å²) in [6, 6.07) is 15.2. The molecule has 2 aliphatic rings. The third-order valence-corrected chi connectivity index (χ3v) is 8.64. The molecule has 0 aromatic heterocycles. The zero-order chi connectivity index (χ0) is 21.3. The summed E-state index contributed by atoms with van der Waals surface area (Å²) in [4.78, 5) is 15.6. The highest BCUT2D eigenvalue weighted by atomic mass is 79.9. The van der Waals surface area contributed by atoms with Crippen molar-refractivity contribution in [3.05, 3.63) is 64.1 Å². The smallest absolute Gasteiger partial charge is 0.243 e. The van der Waals surface area contributed by atoms with E-state index in [9.17, 15) is 13.2 Å². The normalized spacial score (nSPS) is 21.1. The van der Waals surface area contributed by atoms with E-state index < -0.39 is 10.0 Å². The van der Waals surface area contributed by atoms with Crippen LogP contribution in [0.15, 0.2) is 57.9 Å². The van der Waals surface area contributed by atoms with E-state index in [1.165, 1.54) is 4.31 Å². The number of carbonyl (C=O) groups excluding carboxylic acids is 1. The Balaban J connectivity index is 1.42. The van der Waals surface area contributed by atoms with Crippen molar-refractivity contribution in [2.45, 2.75) is 43.5 Å². The molecule has 5 nitrogen and oxygen atoms in total. The number of hydrogen-bond donors (Lipinski definition) is 0. The molecule has 0 saturated carbocycles. The second-order valence-electron chi connectivity index (χ2n) is 8.24. The van der Waals surface area contributed by atoms with Crippen molar-refractivity contribution in [2.75, 3.05) is 19.6 Å². The fourth-order valence-corrected chi connectivity index (χ4v) is 6.41. The van der Waals surface area contributed by atoms with Crippen molar-refractivity contribution in [3.8, 4) is 0 Å². The van der Waals surface area contributed by atoms with E-state index >= 15 is 0 Å². The topological polar surface area (TPSA) is 57.7 Å². The van der Waals surface area contributed by atoms with Crippen LogP contribution in [-0.2, 0) is 14.8 Å². The number of rotatable bonds is 4. The molecule has 30 heavy (non-hydrogen) atoms. The number of nitrogens with zero attached hydrogens (tertiary/aromatic N) is 2. The molecule has 2 aliphatic heterocycles. The van der Waals surface area contributed by atoms with Gasteiger partial charge in [-0.05, 0) is 62.4 Å². The molecule has 0 bridgehead atoms. The highest BCUT2D eigenvalue weighted by molar-refractivity contribution is 9.10. The molecule has 0 spiro atoms. The van der Waals surface area contributed by atoms with Gasteiger partial charge in [0.2, 0.25) is 15.9 Å². The first-order chi connectivity index (χ1) is 14.4. The summed E-state index contributed by atoms with van der Waals surface area (Å²) in [5, 5.41) is 0. The van der Waals surface area contributed by atoms with E-state index in [4.69, 9.17) is 0 Å². The molecule has 2 heterocycles. The minimum absolute atomic E-state index is 0.109. The van der Waals surface area contributed by atoms with Crippen LogP contribution >= 0.6 is 15.9 Å². The van der Waals surface area contributed by atoms with Crippen molar-refractivity contribution in [3.63, 3.8) is 0 Å². The van der Waals surface area contributed by atoms with Gasteiger partial charge in [-0.3, -0.25) is 4.79 Å². The van der Waals surface area contributed by atoms with E-state index in [2.05, 4.69) is 28.1 Å². The fraction of sp³-hybridized carbons (Fsp3) is 0.435. The molecule has 7 heteroatoms. The third-order valence-electron chi connectivity index (χ3n) is 6.23. The molecular weight excluding hydrogens is 464 g/mol. The monoisotopic (exact) mass is 490 g/mol. The van der Waals surface area contributed by atoms with E-state index in [-0.39, 0.29) is 17.9 Å². The zero-order valence-electron chi connectivity index (χ0n) is 17.1. The number of aryl methyl sites for hydroxylation is 1. The van der Waals surface area contributed by atoms with Gasteiger partial charge in [-0.25, -0.2) is 8.42 Å². The molecular formula is C23H27BrN2O3S. The maximum atomic E-state index is 13.3. The van der Waals surface area contributed by atoms with E-state index in [1.807, 2.05) is 36.1 Å². The highest BCUT2D eigenvalue weighted by Gasteiger charge is 2.37. The van der Waals surface area contributed by atoms with Gasteiger partial charge in [-0.15, -0.1) is 0 Å². The average Bonchev–Trinajstić information content (AvgIpc) is 3.23. The van der Waals surface area contributed by atoms with Gasteiger partial charge in [0.05, 0.1) is 10.9 Å². The molecule has 4 rings (SSSR count). The lowest BCUT2D eigenvalue weighted by Gasteiger charge is -2.34. The van der Waals surface area contributed by atoms with Gasteiger partial charge in [-0.2, -0.15) is 4.31 Å². The lowest BCUT2D eigenvalue weighted by Crippen LogP contribution is -2.44. The van der Waals surface area contributed by atoms with Gasteiger partial charge in [0, 0.05) is 30.0 Å². The SMILES string of the molecule is Cc1ccc(S(=O)(=O)N2CCC(C(=O)N3CCCC3c3cccc(Br)c3)CC2)cc1. The van der Waals surface area contributed by atoms with Crippen molar-refractivity contribution in [2.24, 2.45) is 5.92 Å². The number of hydrogen-bond acceptors (Lipinski definition) is 3. The van der Waals surface area contributed by atoms with Crippen LogP contribution in [0, 0.1) is 12.8 Å². The third kappa shape index (κ3) is 4.34. The van der Waals surface area contributed by atoms with Crippen LogP contribution in [0.1, 0.15) is 42.9 Å². The Hall–Kier alpha value is -1.70. The van der Waals surface area contributed by atoms with Crippen LogP contribution in [-0.4, -0.2) is 43.2 Å². The average molecular weight is 491 g/mol. The Kier molecular flexibility index (Phi) is 6.32. The van der Waals surface area contributed by atoms with Crippen molar-refractivity contribution >= 4 is 31.9 Å². The summed E-state index contributed by atoms with van der Waals surface area (Å²) in [5.41, 5.74) is 2.19. The van der Waals surface area contributed by atoms with Crippen molar-refractivity contribution in [1.29, 1.82) is 0 Å². The molecule has 1 atom stereocenters. The maximum absolute atomic E-state index is 13.3. The molecule has 0 radical (unpaired) electrons. The number of carbonyl (C=O) groups is 1.